The number of halogens is 1. The van der Waals surface area contributed by atoms with Crippen LogP contribution in [0.15, 0.2) is 43.4 Å². The Morgan fingerprint density at radius 3 is 2.66 bits per heavy atom. The molecular weight excluding hydrogens is 587 g/mol. The predicted molar refractivity (Wildman–Crippen MR) is 167 cm³/mol. The molecule has 0 aliphatic carbocycles. The van der Waals surface area contributed by atoms with Gasteiger partial charge in [0.2, 0.25) is 11.9 Å². The van der Waals surface area contributed by atoms with E-state index < -0.39 is 22.1 Å². The van der Waals surface area contributed by atoms with Gasteiger partial charge < -0.3 is 24.8 Å². The van der Waals surface area contributed by atoms with E-state index in [1.807, 2.05) is 11.0 Å². The molecule has 0 radical (unpaired) electrons. The van der Waals surface area contributed by atoms with E-state index in [1.165, 1.54) is 19.4 Å². The number of pyridine rings is 2. The highest BCUT2D eigenvalue weighted by Crippen LogP contribution is 2.40. The van der Waals surface area contributed by atoms with Crippen molar-refractivity contribution < 1.29 is 22.3 Å². The zero-order valence-electron chi connectivity index (χ0n) is 24.9. The van der Waals surface area contributed by atoms with Crippen molar-refractivity contribution in [3.63, 3.8) is 0 Å². The van der Waals surface area contributed by atoms with Crippen molar-refractivity contribution in [2.75, 3.05) is 67.0 Å². The van der Waals surface area contributed by atoms with Crippen LogP contribution in [-0.2, 0) is 19.4 Å². The van der Waals surface area contributed by atoms with Crippen LogP contribution in [0.4, 0.5) is 27.7 Å². The number of alkyl halides is 1. The molecule has 6 rings (SSSR count). The molecule has 0 saturated carbocycles. The molecule has 1 unspecified atom stereocenters. The van der Waals surface area contributed by atoms with Gasteiger partial charge in [-0.2, -0.15) is 4.98 Å². The van der Waals surface area contributed by atoms with Crippen LogP contribution in [0.1, 0.15) is 31.0 Å². The Kier molecular flexibility index (Phi) is 8.38. The SMILES string of the molecule is C=CC(=O)N1CCCC1c1ncc(N2CC(CS(C)(=O)=O)C2)c2cnc(Nc3ccnc(N4CC[C@@H](OC)[C@@H](F)C4)n3)cc12. The number of rotatable bonds is 9. The van der Waals surface area contributed by atoms with E-state index in [9.17, 15) is 17.6 Å². The maximum absolute atomic E-state index is 14.5. The van der Waals surface area contributed by atoms with Crippen molar-refractivity contribution in [3.05, 3.63) is 49.1 Å². The maximum atomic E-state index is 14.5. The number of ether oxygens (including phenoxy) is 1. The van der Waals surface area contributed by atoms with Crippen LogP contribution < -0.4 is 15.1 Å². The standard InChI is InChI=1S/C30H37FN8O4S/c1-4-28(40)39-10-5-6-23(39)29-20-12-27(33-13-21(20)24(14-34-29)38-15-19(16-38)18-44(3,41)42)35-26-7-9-32-30(36-26)37-11-8-25(43-2)22(31)17-37/h4,7,9,12-14,19,22-23,25H,1,5-6,8,10-11,15-18H2,2-3H3,(H,32,33,35,36)/t22-,23?,25+/m0/s1. The Balaban J connectivity index is 1.31. The number of carbonyl (C=O) groups excluding carboxylic acids is 1. The first-order chi connectivity index (χ1) is 21.1. The van der Waals surface area contributed by atoms with Gasteiger partial charge in [0.15, 0.2) is 0 Å². The monoisotopic (exact) mass is 624 g/mol. The molecule has 3 aliphatic rings. The van der Waals surface area contributed by atoms with Crippen LogP contribution in [0, 0.1) is 5.92 Å². The van der Waals surface area contributed by atoms with Crippen molar-refractivity contribution in [2.24, 2.45) is 5.92 Å². The molecule has 3 fully saturated rings. The largest absolute Gasteiger partial charge is 0.378 e. The van der Waals surface area contributed by atoms with Crippen molar-refractivity contribution in [1.82, 2.24) is 24.8 Å². The molecule has 3 aromatic heterocycles. The maximum Gasteiger partial charge on any atom is 0.246 e. The van der Waals surface area contributed by atoms with Crippen molar-refractivity contribution in [2.45, 2.75) is 37.6 Å². The van der Waals surface area contributed by atoms with Gasteiger partial charge in [-0.15, -0.1) is 0 Å². The van der Waals surface area contributed by atoms with Crippen molar-refractivity contribution in [3.8, 4) is 0 Å². The molecule has 3 saturated heterocycles. The third-order valence-corrected chi connectivity index (χ3v) is 9.69. The third-order valence-electron chi connectivity index (χ3n) is 8.61. The summed E-state index contributed by atoms with van der Waals surface area (Å²) in [6.07, 6.45) is 8.42. The smallest absolute Gasteiger partial charge is 0.246 e. The molecular formula is C30H37FN8O4S. The summed E-state index contributed by atoms with van der Waals surface area (Å²) in [5, 5.41) is 4.98. The van der Waals surface area contributed by atoms with Crippen LogP contribution >= 0.6 is 0 Å². The minimum Gasteiger partial charge on any atom is -0.378 e. The summed E-state index contributed by atoms with van der Waals surface area (Å²) < 4.78 is 43.4. The second-order valence-corrected chi connectivity index (χ2v) is 14.0. The van der Waals surface area contributed by atoms with Gasteiger partial charge in [-0.1, -0.05) is 6.58 Å². The van der Waals surface area contributed by atoms with Crippen molar-refractivity contribution in [1.29, 1.82) is 0 Å². The lowest BCUT2D eigenvalue weighted by molar-refractivity contribution is -0.126. The first-order valence-corrected chi connectivity index (χ1v) is 16.9. The second kappa shape index (κ2) is 12.2. The average molecular weight is 625 g/mol. The molecule has 1 amide bonds. The molecule has 12 nitrogen and oxygen atoms in total. The molecule has 6 heterocycles. The number of aromatic nitrogens is 4. The fraction of sp³-hybridized carbons (Fsp3) is 0.500. The van der Waals surface area contributed by atoms with Gasteiger partial charge in [0, 0.05) is 68.6 Å². The van der Waals surface area contributed by atoms with Crippen LogP contribution in [-0.4, -0.2) is 103 Å². The molecule has 3 aromatic rings. The summed E-state index contributed by atoms with van der Waals surface area (Å²) in [7, 11) is -1.54. The summed E-state index contributed by atoms with van der Waals surface area (Å²) >= 11 is 0. The van der Waals surface area contributed by atoms with Crippen LogP contribution in [0.25, 0.3) is 10.8 Å². The normalized spacial score (nSPS) is 22.7. The summed E-state index contributed by atoms with van der Waals surface area (Å²) in [5.74, 6) is 1.53. The number of methoxy groups -OCH3 is 1. The molecule has 234 valence electrons. The van der Waals surface area contributed by atoms with Gasteiger partial charge in [0.05, 0.1) is 42.0 Å². The Hall–Kier alpha value is -3.91. The summed E-state index contributed by atoms with van der Waals surface area (Å²) in [6.45, 7) is 6.25. The van der Waals surface area contributed by atoms with E-state index in [0.29, 0.717) is 50.2 Å². The molecule has 3 atom stereocenters. The zero-order chi connectivity index (χ0) is 31.0. The first-order valence-electron chi connectivity index (χ1n) is 14.8. The molecule has 1 N–H and O–H groups in total. The number of amides is 1. The Labute approximate surface area is 256 Å². The van der Waals surface area contributed by atoms with Gasteiger partial charge in [0.25, 0.3) is 0 Å². The van der Waals surface area contributed by atoms with Crippen LogP contribution in [0.5, 0.6) is 0 Å². The molecule has 0 aromatic carbocycles. The van der Waals surface area contributed by atoms with E-state index in [2.05, 4.69) is 31.7 Å². The van der Waals surface area contributed by atoms with Gasteiger partial charge in [-0.05, 0) is 37.5 Å². The molecule has 3 aliphatic heterocycles. The predicted octanol–water partition coefficient (Wildman–Crippen LogP) is 3.06. The van der Waals surface area contributed by atoms with Gasteiger partial charge >= 0.3 is 0 Å². The quantitative estimate of drug-likeness (QED) is 0.352. The third kappa shape index (κ3) is 6.18. The Morgan fingerprint density at radius 2 is 1.93 bits per heavy atom. The molecule has 44 heavy (non-hydrogen) atoms. The van der Waals surface area contributed by atoms with E-state index in [4.69, 9.17) is 9.72 Å². The number of piperidine rings is 1. The second-order valence-electron chi connectivity index (χ2n) is 11.8. The topological polar surface area (TPSA) is 134 Å². The lowest BCUT2D eigenvalue weighted by Crippen LogP contribution is -2.49. The number of sulfone groups is 1. The van der Waals surface area contributed by atoms with Gasteiger partial charge in [-0.3, -0.25) is 9.78 Å². The molecule has 0 bridgehead atoms. The van der Waals surface area contributed by atoms with E-state index in [-0.39, 0.29) is 30.2 Å². The van der Waals surface area contributed by atoms with E-state index >= 15 is 0 Å². The van der Waals surface area contributed by atoms with Crippen LogP contribution in [0.3, 0.4) is 0 Å². The first kappa shape index (κ1) is 30.1. The number of hydrogen-bond acceptors (Lipinski definition) is 11. The zero-order valence-corrected chi connectivity index (χ0v) is 25.7. The average Bonchev–Trinajstić information content (AvgIpc) is 3.47. The number of anilines is 4. The molecule has 14 heteroatoms. The lowest BCUT2D eigenvalue weighted by Gasteiger charge is -2.41. The summed E-state index contributed by atoms with van der Waals surface area (Å²) in [5.41, 5.74) is 1.64. The number of hydrogen-bond donors (Lipinski definition) is 1. The highest BCUT2D eigenvalue weighted by molar-refractivity contribution is 7.90. The number of nitrogens with one attached hydrogen (secondary N) is 1. The van der Waals surface area contributed by atoms with Gasteiger partial charge in [-0.25, -0.2) is 22.8 Å². The number of fused-ring (bicyclic) bond motifs is 1. The van der Waals surface area contributed by atoms with Crippen molar-refractivity contribution >= 4 is 49.8 Å². The lowest BCUT2D eigenvalue weighted by atomic mass is 9.98. The fourth-order valence-electron chi connectivity index (χ4n) is 6.49. The number of carbonyl (C=O) groups is 1. The summed E-state index contributed by atoms with van der Waals surface area (Å²) in [6, 6.07) is 3.42. The Morgan fingerprint density at radius 1 is 1.11 bits per heavy atom. The Bertz CT molecular complexity index is 1670. The fourth-order valence-corrected chi connectivity index (χ4v) is 7.56. The summed E-state index contributed by atoms with van der Waals surface area (Å²) in [4.78, 5) is 37.0. The minimum absolute atomic E-state index is 0.0593. The van der Waals surface area contributed by atoms with Gasteiger partial charge in [0.1, 0.15) is 27.6 Å². The molecule has 0 spiro atoms. The van der Waals surface area contributed by atoms with E-state index in [1.54, 1.807) is 29.6 Å². The van der Waals surface area contributed by atoms with Crippen LogP contribution in [0.2, 0.25) is 0 Å². The number of likely N-dealkylation sites (tertiary alicyclic amines) is 1. The minimum atomic E-state index is -3.07. The number of nitrogens with zero attached hydrogens (tertiary/aromatic N) is 7. The van der Waals surface area contributed by atoms with E-state index in [0.717, 1.165) is 35.0 Å². The highest BCUT2D eigenvalue weighted by atomic mass is 32.2. The highest BCUT2D eigenvalue weighted by Gasteiger charge is 2.35.